The number of pyridine rings is 1. The van der Waals surface area contributed by atoms with Gasteiger partial charge in [-0.3, -0.25) is 4.79 Å². The van der Waals surface area contributed by atoms with Gasteiger partial charge in [-0.1, -0.05) is 35.9 Å². The monoisotopic (exact) mass is 275 g/mol. The van der Waals surface area contributed by atoms with Crippen LogP contribution in [-0.2, 0) is 0 Å². The third-order valence-corrected chi connectivity index (χ3v) is 2.91. The third-order valence-electron chi connectivity index (χ3n) is 2.70. The maximum Gasteiger partial charge on any atom is 0.221 e. The van der Waals surface area contributed by atoms with Crippen molar-refractivity contribution in [1.82, 2.24) is 4.98 Å². The minimum atomic E-state index is 0.0424. The first-order valence-electron chi connectivity index (χ1n) is 6.01. The number of hydrogen-bond donors (Lipinski definition) is 0. The standard InChI is InChI=1S/C15H14ClNO2/c1-3-19-15-14(8-13(16)9-17-15)12-6-4-11(5-7-12)10(2)18/h4-9H,3H2,1-2H3. The minimum absolute atomic E-state index is 0.0424. The molecule has 1 aromatic carbocycles. The summed E-state index contributed by atoms with van der Waals surface area (Å²) in [6.07, 6.45) is 1.56. The molecule has 0 fully saturated rings. The summed E-state index contributed by atoms with van der Waals surface area (Å²) >= 11 is 5.98. The molecule has 1 aromatic heterocycles. The zero-order valence-corrected chi connectivity index (χ0v) is 11.6. The molecule has 0 aliphatic heterocycles. The van der Waals surface area contributed by atoms with Crippen LogP contribution in [0.15, 0.2) is 36.5 Å². The molecule has 2 aromatic rings. The summed E-state index contributed by atoms with van der Waals surface area (Å²) < 4.78 is 5.49. The second-order valence-corrected chi connectivity index (χ2v) is 4.51. The van der Waals surface area contributed by atoms with Crippen LogP contribution in [0.4, 0.5) is 0 Å². The van der Waals surface area contributed by atoms with Crippen molar-refractivity contribution in [2.24, 2.45) is 0 Å². The first-order valence-corrected chi connectivity index (χ1v) is 6.39. The van der Waals surface area contributed by atoms with E-state index in [0.717, 1.165) is 11.1 Å². The average Bonchev–Trinajstić information content (AvgIpc) is 2.41. The highest BCUT2D eigenvalue weighted by molar-refractivity contribution is 6.30. The Morgan fingerprint density at radius 1 is 1.32 bits per heavy atom. The first kappa shape index (κ1) is 13.6. The molecule has 0 N–H and O–H groups in total. The number of benzene rings is 1. The maximum atomic E-state index is 11.3. The van der Waals surface area contributed by atoms with E-state index < -0.39 is 0 Å². The van der Waals surface area contributed by atoms with Crippen LogP contribution in [0.1, 0.15) is 24.2 Å². The van der Waals surface area contributed by atoms with Crippen LogP contribution >= 0.6 is 11.6 Å². The van der Waals surface area contributed by atoms with Gasteiger partial charge in [-0.2, -0.15) is 0 Å². The highest BCUT2D eigenvalue weighted by Crippen LogP contribution is 2.30. The summed E-state index contributed by atoms with van der Waals surface area (Å²) in [5.41, 5.74) is 2.42. The Kier molecular flexibility index (Phi) is 4.17. The molecule has 98 valence electrons. The van der Waals surface area contributed by atoms with Gasteiger partial charge >= 0.3 is 0 Å². The number of rotatable bonds is 4. The van der Waals surface area contributed by atoms with Crippen LogP contribution in [0.3, 0.4) is 0 Å². The minimum Gasteiger partial charge on any atom is -0.478 e. The van der Waals surface area contributed by atoms with E-state index in [4.69, 9.17) is 16.3 Å². The van der Waals surface area contributed by atoms with E-state index in [9.17, 15) is 4.79 Å². The topological polar surface area (TPSA) is 39.2 Å². The summed E-state index contributed by atoms with van der Waals surface area (Å²) in [7, 11) is 0. The second-order valence-electron chi connectivity index (χ2n) is 4.07. The van der Waals surface area contributed by atoms with Crippen LogP contribution in [-0.4, -0.2) is 17.4 Å². The normalized spacial score (nSPS) is 10.3. The van der Waals surface area contributed by atoms with Gasteiger partial charge in [-0.15, -0.1) is 0 Å². The van der Waals surface area contributed by atoms with Crippen molar-refractivity contribution in [1.29, 1.82) is 0 Å². The summed E-state index contributed by atoms with van der Waals surface area (Å²) in [6.45, 7) is 3.98. The number of carbonyl (C=O) groups excluding carboxylic acids is 1. The molecule has 0 saturated heterocycles. The maximum absolute atomic E-state index is 11.3. The zero-order chi connectivity index (χ0) is 13.8. The molecule has 0 atom stereocenters. The number of nitrogens with zero attached hydrogens (tertiary/aromatic N) is 1. The van der Waals surface area contributed by atoms with Crippen molar-refractivity contribution in [3.63, 3.8) is 0 Å². The quantitative estimate of drug-likeness (QED) is 0.792. The van der Waals surface area contributed by atoms with E-state index in [1.165, 1.54) is 0 Å². The third kappa shape index (κ3) is 3.12. The molecule has 0 aliphatic carbocycles. The van der Waals surface area contributed by atoms with Crippen molar-refractivity contribution in [3.05, 3.63) is 47.1 Å². The SMILES string of the molecule is CCOc1ncc(Cl)cc1-c1ccc(C(C)=O)cc1. The molecule has 0 spiro atoms. The van der Waals surface area contributed by atoms with Gasteiger partial charge in [0.2, 0.25) is 5.88 Å². The van der Waals surface area contributed by atoms with E-state index in [1.807, 2.05) is 25.1 Å². The van der Waals surface area contributed by atoms with Crippen molar-refractivity contribution in [3.8, 4) is 17.0 Å². The molecule has 4 heteroatoms. The van der Waals surface area contributed by atoms with Crippen LogP contribution < -0.4 is 4.74 Å². The van der Waals surface area contributed by atoms with E-state index in [0.29, 0.717) is 23.1 Å². The van der Waals surface area contributed by atoms with Crippen molar-refractivity contribution in [2.45, 2.75) is 13.8 Å². The number of halogens is 1. The Bertz CT molecular complexity index is 594. The smallest absolute Gasteiger partial charge is 0.221 e. The molecule has 0 aliphatic rings. The van der Waals surface area contributed by atoms with Crippen molar-refractivity contribution in [2.75, 3.05) is 6.61 Å². The summed E-state index contributed by atoms with van der Waals surface area (Å²) in [5, 5.41) is 0.550. The highest BCUT2D eigenvalue weighted by Gasteiger charge is 2.09. The fourth-order valence-electron chi connectivity index (χ4n) is 1.77. The number of ether oxygens (including phenoxy) is 1. The molecule has 0 saturated carbocycles. The number of ketones is 1. The lowest BCUT2D eigenvalue weighted by molar-refractivity contribution is 0.101. The number of aromatic nitrogens is 1. The van der Waals surface area contributed by atoms with E-state index >= 15 is 0 Å². The van der Waals surface area contributed by atoms with Gasteiger partial charge in [0.1, 0.15) is 0 Å². The van der Waals surface area contributed by atoms with Gasteiger partial charge in [-0.25, -0.2) is 4.98 Å². The molecular weight excluding hydrogens is 262 g/mol. The lowest BCUT2D eigenvalue weighted by atomic mass is 10.0. The average molecular weight is 276 g/mol. The molecule has 2 rings (SSSR count). The van der Waals surface area contributed by atoms with Crippen LogP contribution in [0.2, 0.25) is 5.02 Å². The van der Waals surface area contributed by atoms with Gasteiger partial charge in [0.15, 0.2) is 5.78 Å². The van der Waals surface area contributed by atoms with Gasteiger partial charge < -0.3 is 4.74 Å². The zero-order valence-electron chi connectivity index (χ0n) is 10.8. The number of hydrogen-bond acceptors (Lipinski definition) is 3. The Balaban J connectivity index is 2.45. The molecule has 0 radical (unpaired) electrons. The van der Waals surface area contributed by atoms with Crippen LogP contribution in [0.25, 0.3) is 11.1 Å². The summed E-state index contributed by atoms with van der Waals surface area (Å²) in [4.78, 5) is 15.4. The Morgan fingerprint density at radius 2 is 2.00 bits per heavy atom. The highest BCUT2D eigenvalue weighted by atomic mass is 35.5. The molecule has 1 heterocycles. The summed E-state index contributed by atoms with van der Waals surface area (Å²) in [6, 6.07) is 9.12. The lowest BCUT2D eigenvalue weighted by Gasteiger charge is -2.09. The molecule has 0 unspecified atom stereocenters. The Labute approximate surface area is 117 Å². The Hall–Kier alpha value is -1.87. The van der Waals surface area contributed by atoms with Gasteiger partial charge in [0, 0.05) is 17.3 Å². The van der Waals surface area contributed by atoms with E-state index in [1.54, 1.807) is 25.3 Å². The van der Waals surface area contributed by atoms with Crippen LogP contribution in [0.5, 0.6) is 5.88 Å². The lowest BCUT2D eigenvalue weighted by Crippen LogP contribution is -1.97. The predicted molar refractivity (Wildman–Crippen MR) is 75.9 cm³/mol. The molecule has 0 amide bonds. The number of carbonyl (C=O) groups is 1. The Morgan fingerprint density at radius 3 is 2.58 bits per heavy atom. The van der Waals surface area contributed by atoms with Gasteiger partial charge in [-0.05, 0) is 25.5 Å². The fourth-order valence-corrected chi connectivity index (χ4v) is 1.93. The first-order chi connectivity index (χ1) is 9.11. The van der Waals surface area contributed by atoms with Crippen molar-refractivity contribution < 1.29 is 9.53 Å². The van der Waals surface area contributed by atoms with Crippen molar-refractivity contribution >= 4 is 17.4 Å². The van der Waals surface area contributed by atoms with E-state index in [-0.39, 0.29) is 5.78 Å². The van der Waals surface area contributed by atoms with Gasteiger partial charge in [0.25, 0.3) is 0 Å². The molecule has 3 nitrogen and oxygen atoms in total. The molecular formula is C15H14ClNO2. The van der Waals surface area contributed by atoms with Gasteiger partial charge in [0.05, 0.1) is 11.6 Å². The molecule has 19 heavy (non-hydrogen) atoms. The van der Waals surface area contributed by atoms with Crippen LogP contribution in [0, 0.1) is 0 Å². The summed E-state index contributed by atoms with van der Waals surface area (Å²) in [5.74, 6) is 0.586. The van der Waals surface area contributed by atoms with E-state index in [2.05, 4.69) is 4.98 Å². The predicted octanol–water partition coefficient (Wildman–Crippen LogP) is 4.00. The number of Topliss-reactive ketones (excluding diaryl/α,β-unsaturated/α-hetero) is 1. The largest absolute Gasteiger partial charge is 0.478 e. The molecule has 0 bridgehead atoms. The second kappa shape index (κ2) is 5.85. The fraction of sp³-hybridized carbons (Fsp3) is 0.200.